The Kier molecular flexibility index (Phi) is 7.15. The van der Waals surface area contributed by atoms with Crippen LogP contribution in [-0.2, 0) is 14.3 Å². The predicted molar refractivity (Wildman–Crippen MR) is 42.0 cm³/mol. The molecule has 0 amide bonds. The largest absolute Gasteiger partial charge is 0.466 e. The molecule has 0 aliphatic heterocycles. The number of methoxy groups -OCH3 is 1. The maximum atomic E-state index is 10.5. The number of hydrogen-bond donors (Lipinski definition) is 0. The smallest absolute Gasteiger partial charge is 0.305 e. The Hall–Kier alpha value is -0.570. The highest BCUT2D eigenvalue weighted by atomic mass is 16.5. The van der Waals surface area contributed by atoms with Gasteiger partial charge in [0.25, 0.3) is 0 Å². The molecular weight excluding hydrogens is 144 g/mol. The van der Waals surface area contributed by atoms with Gasteiger partial charge in [-0.3, -0.25) is 4.79 Å². The molecule has 0 bridgehead atoms. The topological polar surface area (TPSA) is 35.5 Å². The highest BCUT2D eigenvalue weighted by Crippen LogP contribution is 1.92. The number of carbonyl (C=O) groups excluding carboxylic acids is 1. The molecule has 0 heterocycles. The molecule has 0 spiro atoms. The molecule has 11 heavy (non-hydrogen) atoms. The fraction of sp³-hybridized carbons (Fsp3) is 0.750. The van der Waals surface area contributed by atoms with E-state index >= 15 is 0 Å². The summed E-state index contributed by atoms with van der Waals surface area (Å²) in [7, 11) is 1.65. The van der Waals surface area contributed by atoms with Crippen LogP contribution in [0, 0.1) is 6.92 Å². The number of carbonyl (C=O) groups is 1. The first-order valence-electron chi connectivity index (χ1n) is 3.75. The minimum Gasteiger partial charge on any atom is -0.466 e. The Morgan fingerprint density at radius 2 is 2.00 bits per heavy atom. The SMILES string of the molecule is [CH2]CC(=O)OCCCCOC. The van der Waals surface area contributed by atoms with Gasteiger partial charge in [0.2, 0.25) is 0 Å². The van der Waals surface area contributed by atoms with Gasteiger partial charge in [-0.05, 0) is 19.8 Å². The van der Waals surface area contributed by atoms with Gasteiger partial charge in [-0.25, -0.2) is 0 Å². The van der Waals surface area contributed by atoms with Gasteiger partial charge in [-0.2, -0.15) is 0 Å². The second kappa shape index (κ2) is 7.54. The molecule has 0 saturated heterocycles. The lowest BCUT2D eigenvalue weighted by Gasteiger charge is -2.01. The lowest BCUT2D eigenvalue weighted by Crippen LogP contribution is -2.04. The fourth-order valence-corrected chi connectivity index (χ4v) is 0.607. The molecule has 0 atom stereocenters. The summed E-state index contributed by atoms with van der Waals surface area (Å²) in [5, 5.41) is 0. The second-order valence-corrected chi connectivity index (χ2v) is 2.17. The van der Waals surface area contributed by atoms with Crippen LogP contribution in [0.5, 0.6) is 0 Å². The van der Waals surface area contributed by atoms with E-state index in [1.165, 1.54) is 0 Å². The van der Waals surface area contributed by atoms with Crippen molar-refractivity contribution in [2.45, 2.75) is 19.3 Å². The molecule has 0 aliphatic carbocycles. The second-order valence-electron chi connectivity index (χ2n) is 2.17. The maximum absolute atomic E-state index is 10.5. The van der Waals surface area contributed by atoms with Crippen molar-refractivity contribution in [1.29, 1.82) is 0 Å². The summed E-state index contributed by atoms with van der Waals surface area (Å²) in [4.78, 5) is 10.5. The molecule has 0 saturated carbocycles. The minimum absolute atomic E-state index is 0.213. The Balaban J connectivity index is 2.95. The predicted octanol–water partition coefficient (Wildman–Crippen LogP) is 1.18. The van der Waals surface area contributed by atoms with Crippen LogP contribution in [0.2, 0.25) is 0 Å². The number of rotatable bonds is 6. The van der Waals surface area contributed by atoms with E-state index in [1.54, 1.807) is 7.11 Å². The maximum Gasteiger partial charge on any atom is 0.305 e. The molecule has 0 aromatic heterocycles. The van der Waals surface area contributed by atoms with E-state index in [9.17, 15) is 4.79 Å². The average molecular weight is 159 g/mol. The fourth-order valence-electron chi connectivity index (χ4n) is 0.607. The standard InChI is InChI=1S/C8H15O3/c1-3-8(9)11-7-5-4-6-10-2/h1,3-7H2,2H3. The third-order valence-corrected chi connectivity index (χ3v) is 1.21. The summed E-state index contributed by atoms with van der Waals surface area (Å²) >= 11 is 0. The zero-order valence-corrected chi connectivity index (χ0v) is 6.97. The van der Waals surface area contributed by atoms with E-state index in [0.29, 0.717) is 6.61 Å². The minimum atomic E-state index is -0.234. The number of ether oxygens (including phenoxy) is 2. The van der Waals surface area contributed by atoms with Crippen LogP contribution in [0.15, 0.2) is 0 Å². The molecule has 0 fully saturated rings. The summed E-state index contributed by atoms with van der Waals surface area (Å²) in [6, 6.07) is 0. The zero-order chi connectivity index (χ0) is 8.53. The number of unbranched alkanes of at least 4 members (excludes halogenated alkanes) is 1. The van der Waals surface area contributed by atoms with Crippen LogP contribution in [0.3, 0.4) is 0 Å². The van der Waals surface area contributed by atoms with Gasteiger partial charge in [0.05, 0.1) is 6.61 Å². The van der Waals surface area contributed by atoms with Gasteiger partial charge >= 0.3 is 5.97 Å². The molecule has 1 radical (unpaired) electrons. The van der Waals surface area contributed by atoms with Crippen LogP contribution in [0.25, 0.3) is 0 Å². The van der Waals surface area contributed by atoms with Gasteiger partial charge in [0.15, 0.2) is 0 Å². The van der Waals surface area contributed by atoms with Crippen LogP contribution in [-0.4, -0.2) is 26.3 Å². The van der Waals surface area contributed by atoms with E-state index < -0.39 is 0 Å². The van der Waals surface area contributed by atoms with Crippen LogP contribution in [0.1, 0.15) is 19.3 Å². The summed E-state index contributed by atoms with van der Waals surface area (Å²) in [5.74, 6) is -0.234. The van der Waals surface area contributed by atoms with Crippen molar-refractivity contribution in [3.05, 3.63) is 6.92 Å². The third-order valence-electron chi connectivity index (χ3n) is 1.21. The van der Waals surface area contributed by atoms with Gasteiger partial charge in [-0.1, -0.05) is 0 Å². The summed E-state index contributed by atoms with van der Waals surface area (Å²) < 4.78 is 9.60. The number of hydrogen-bond acceptors (Lipinski definition) is 3. The first-order chi connectivity index (χ1) is 5.31. The van der Waals surface area contributed by atoms with Crippen molar-refractivity contribution in [2.24, 2.45) is 0 Å². The zero-order valence-electron chi connectivity index (χ0n) is 6.97. The molecule has 0 N–H and O–H groups in total. The van der Waals surface area contributed by atoms with Gasteiger partial charge in [-0.15, -0.1) is 0 Å². The lowest BCUT2D eigenvalue weighted by atomic mass is 10.3. The highest BCUT2D eigenvalue weighted by Gasteiger charge is 1.96. The van der Waals surface area contributed by atoms with Crippen molar-refractivity contribution < 1.29 is 14.3 Å². The summed E-state index contributed by atoms with van der Waals surface area (Å²) in [6.07, 6.45) is 2.00. The van der Waals surface area contributed by atoms with Crippen molar-refractivity contribution >= 4 is 5.97 Å². The van der Waals surface area contributed by atoms with Gasteiger partial charge in [0, 0.05) is 20.1 Å². The van der Waals surface area contributed by atoms with Crippen molar-refractivity contribution in [1.82, 2.24) is 0 Å². The third kappa shape index (κ3) is 7.33. The summed E-state index contributed by atoms with van der Waals surface area (Å²) in [6.45, 7) is 4.61. The Bertz CT molecular complexity index is 102. The van der Waals surface area contributed by atoms with E-state index in [4.69, 9.17) is 9.47 Å². The van der Waals surface area contributed by atoms with E-state index in [-0.39, 0.29) is 12.4 Å². The monoisotopic (exact) mass is 159 g/mol. The Morgan fingerprint density at radius 3 is 2.55 bits per heavy atom. The first kappa shape index (κ1) is 10.4. The van der Waals surface area contributed by atoms with Crippen LogP contribution in [0.4, 0.5) is 0 Å². The van der Waals surface area contributed by atoms with Crippen LogP contribution < -0.4 is 0 Å². The van der Waals surface area contributed by atoms with E-state index in [2.05, 4.69) is 6.92 Å². The molecule has 3 heteroatoms. The molecule has 3 nitrogen and oxygen atoms in total. The van der Waals surface area contributed by atoms with Gasteiger partial charge in [0.1, 0.15) is 0 Å². The Labute approximate surface area is 67.7 Å². The molecule has 65 valence electrons. The molecule has 0 aromatic carbocycles. The molecular formula is C8H15O3. The summed E-state index contributed by atoms with van der Waals surface area (Å²) in [5.41, 5.74) is 0. The van der Waals surface area contributed by atoms with Crippen LogP contribution >= 0.6 is 0 Å². The van der Waals surface area contributed by atoms with Crippen molar-refractivity contribution in [3.63, 3.8) is 0 Å². The first-order valence-corrected chi connectivity index (χ1v) is 3.75. The van der Waals surface area contributed by atoms with Crippen molar-refractivity contribution in [2.75, 3.05) is 20.3 Å². The van der Waals surface area contributed by atoms with Crippen molar-refractivity contribution in [3.8, 4) is 0 Å². The van der Waals surface area contributed by atoms with E-state index in [1.807, 2.05) is 0 Å². The lowest BCUT2D eigenvalue weighted by molar-refractivity contribution is -0.142. The highest BCUT2D eigenvalue weighted by molar-refractivity contribution is 5.69. The average Bonchev–Trinajstić information content (AvgIpc) is 2.04. The molecule has 0 aromatic rings. The Morgan fingerprint density at radius 1 is 1.36 bits per heavy atom. The molecule has 0 aliphatic rings. The van der Waals surface area contributed by atoms with E-state index in [0.717, 1.165) is 19.4 Å². The normalized spacial score (nSPS) is 9.64. The molecule has 0 unspecified atom stereocenters. The van der Waals surface area contributed by atoms with Gasteiger partial charge < -0.3 is 9.47 Å². The molecule has 0 rings (SSSR count). The quantitative estimate of drug-likeness (QED) is 0.431. The number of esters is 1.